The number of unbranched alkanes of at least 4 members (excludes halogenated alkanes) is 2. The normalized spacial score (nSPS) is 27.4. The SMILES string of the molecule is C=C([C@H]1CC[C@H](/C=C(/F)C#N)CC1)[C@H]1CC[C@H](c2ccc(CCCCC)cc2)CC1. The van der Waals surface area contributed by atoms with Crippen LogP contribution in [0.3, 0.4) is 0 Å². The van der Waals surface area contributed by atoms with Gasteiger partial charge < -0.3 is 0 Å². The zero-order valence-corrected chi connectivity index (χ0v) is 18.7. The second-order valence-electron chi connectivity index (χ2n) is 9.56. The van der Waals surface area contributed by atoms with Gasteiger partial charge in [-0.3, -0.25) is 0 Å². The summed E-state index contributed by atoms with van der Waals surface area (Å²) >= 11 is 0. The van der Waals surface area contributed by atoms with E-state index in [2.05, 4.69) is 37.8 Å². The molecule has 0 unspecified atom stereocenters. The predicted octanol–water partition coefficient (Wildman–Crippen LogP) is 8.43. The number of hydrogen-bond donors (Lipinski definition) is 0. The first-order chi connectivity index (χ1) is 14.6. The van der Waals surface area contributed by atoms with Crippen LogP contribution in [0.15, 0.2) is 48.3 Å². The van der Waals surface area contributed by atoms with E-state index in [9.17, 15) is 4.39 Å². The number of benzene rings is 1. The van der Waals surface area contributed by atoms with Gasteiger partial charge in [0, 0.05) is 0 Å². The number of aryl methyl sites for hydroxylation is 1. The van der Waals surface area contributed by atoms with Crippen LogP contribution in [0.4, 0.5) is 4.39 Å². The van der Waals surface area contributed by atoms with Gasteiger partial charge in [-0.2, -0.15) is 9.65 Å². The fourth-order valence-corrected chi connectivity index (χ4v) is 5.57. The molecule has 0 bridgehead atoms. The number of allylic oxidation sites excluding steroid dienone is 3. The van der Waals surface area contributed by atoms with Gasteiger partial charge in [-0.25, -0.2) is 0 Å². The van der Waals surface area contributed by atoms with E-state index in [0.717, 1.165) is 25.7 Å². The third kappa shape index (κ3) is 6.31. The Balaban J connectivity index is 1.44. The van der Waals surface area contributed by atoms with Gasteiger partial charge in [0.2, 0.25) is 0 Å². The molecule has 0 atom stereocenters. The summed E-state index contributed by atoms with van der Waals surface area (Å²) in [5.41, 5.74) is 4.45. The van der Waals surface area contributed by atoms with E-state index in [1.54, 1.807) is 6.07 Å². The zero-order valence-electron chi connectivity index (χ0n) is 18.7. The fourth-order valence-electron chi connectivity index (χ4n) is 5.57. The lowest BCUT2D eigenvalue weighted by Gasteiger charge is -2.35. The van der Waals surface area contributed by atoms with Crippen LogP contribution in [0.1, 0.15) is 94.6 Å². The molecule has 2 aliphatic rings. The van der Waals surface area contributed by atoms with Crippen molar-refractivity contribution in [3.63, 3.8) is 0 Å². The number of nitriles is 1. The molecule has 30 heavy (non-hydrogen) atoms. The molecular formula is C28H38FN. The molecule has 1 nitrogen and oxygen atoms in total. The zero-order chi connectivity index (χ0) is 21.3. The Hall–Kier alpha value is -1.88. The number of hydrogen-bond acceptors (Lipinski definition) is 1. The average Bonchev–Trinajstić information content (AvgIpc) is 2.80. The van der Waals surface area contributed by atoms with Crippen LogP contribution in [0.25, 0.3) is 0 Å². The molecule has 0 saturated heterocycles. The molecule has 1 aromatic rings. The van der Waals surface area contributed by atoms with Gasteiger partial charge in [0.1, 0.15) is 6.07 Å². The Morgan fingerprint density at radius 1 is 1.00 bits per heavy atom. The van der Waals surface area contributed by atoms with Crippen molar-refractivity contribution in [2.24, 2.45) is 17.8 Å². The summed E-state index contributed by atoms with van der Waals surface area (Å²) in [4.78, 5) is 0. The molecule has 162 valence electrons. The van der Waals surface area contributed by atoms with Crippen LogP contribution in [0.2, 0.25) is 0 Å². The first-order valence-corrected chi connectivity index (χ1v) is 12.2. The Kier molecular flexibility index (Phi) is 8.74. The van der Waals surface area contributed by atoms with E-state index in [-0.39, 0.29) is 5.92 Å². The van der Waals surface area contributed by atoms with Gasteiger partial charge in [-0.15, -0.1) is 0 Å². The molecular weight excluding hydrogens is 369 g/mol. The summed E-state index contributed by atoms with van der Waals surface area (Å²) in [6.07, 6.45) is 15.9. The van der Waals surface area contributed by atoms with Crippen molar-refractivity contribution in [2.45, 2.75) is 89.9 Å². The van der Waals surface area contributed by atoms with Crippen molar-refractivity contribution in [3.8, 4) is 6.07 Å². The number of rotatable bonds is 8. The molecule has 0 aliphatic heterocycles. The molecule has 3 rings (SSSR count). The smallest absolute Gasteiger partial charge is 0.195 e. The first kappa shape index (κ1) is 22.8. The van der Waals surface area contributed by atoms with Crippen LogP contribution < -0.4 is 0 Å². The lowest BCUT2D eigenvalue weighted by Crippen LogP contribution is -2.22. The van der Waals surface area contributed by atoms with Crippen molar-refractivity contribution < 1.29 is 4.39 Å². The Labute approximate surface area is 183 Å². The van der Waals surface area contributed by atoms with Gasteiger partial charge in [0.15, 0.2) is 5.83 Å². The fraction of sp³-hybridized carbons (Fsp3) is 0.607. The summed E-state index contributed by atoms with van der Waals surface area (Å²) in [7, 11) is 0. The van der Waals surface area contributed by atoms with Crippen molar-refractivity contribution in [1.82, 2.24) is 0 Å². The summed E-state index contributed by atoms with van der Waals surface area (Å²) in [5.74, 6) is 1.55. The summed E-state index contributed by atoms with van der Waals surface area (Å²) < 4.78 is 13.2. The van der Waals surface area contributed by atoms with Gasteiger partial charge >= 0.3 is 0 Å². The highest BCUT2D eigenvalue weighted by atomic mass is 19.1. The number of nitrogens with zero attached hydrogens (tertiary/aromatic N) is 1. The van der Waals surface area contributed by atoms with E-state index in [1.165, 1.54) is 74.1 Å². The molecule has 0 radical (unpaired) electrons. The van der Waals surface area contributed by atoms with E-state index >= 15 is 0 Å². The highest BCUT2D eigenvalue weighted by Crippen LogP contribution is 2.43. The molecule has 0 heterocycles. The molecule has 2 fully saturated rings. The Bertz CT molecular complexity index is 738. The first-order valence-electron chi connectivity index (χ1n) is 12.2. The van der Waals surface area contributed by atoms with E-state index in [0.29, 0.717) is 17.8 Å². The largest absolute Gasteiger partial charge is 0.196 e. The highest BCUT2D eigenvalue weighted by Gasteiger charge is 2.29. The lowest BCUT2D eigenvalue weighted by atomic mass is 9.70. The lowest BCUT2D eigenvalue weighted by molar-refractivity contribution is 0.289. The molecule has 2 saturated carbocycles. The van der Waals surface area contributed by atoms with Gasteiger partial charge in [-0.05, 0) is 105 Å². The standard InChI is InChI=1S/C28H38FN/c1-3-4-5-6-22-7-13-26(14-8-22)27-17-15-25(16-18-27)21(2)24-11-9-23(10-12-24)19-28(29)20-30/h7-8,13-14,19,23-25,27H,2-6,9-12,15-18H2,1H3/b28-19+/t23-,24-,25-,27-. The maximum atomic E-state index is 13.2. The molecule has 1 aromatic carbocycles. The minimum Gasteiger partial charge on any atom is -0.195 e. The molecule has 2 heteroatoms. The average molecular weight is 408 g/mol. The summed E-state index contributed by atoms with van der Waals surface area (Å²) in [6, 6.07) is 11.0. The van der Waals surface area contributed by atoms with Crippen LogP contribution in [-0.4, -0.2) is 0 Å². The summed E-state index contributed by atoms with van der Waals surface area (Å²) in [6.45, 7) is 6.77. The third-order valence-corrected chi connectivity index (χ3v) is 7.56. The third-order valence-electron chi connectivity index (χ3n) is 7.56. The van der Waals surface area contributed by atoms with Crippen LogP contribution in [-0.2, 0) is 6.42 Å². The minimum atomic E-state index is -0.621. The van der Waals surface area contributed by atoms with Gasteiger partial charge in [-0.1, -0.05) is 56.2 Å². The summed E-state index contributed by atoms with van der Waals surface area (Å²) in [5, 5.41) is 8.63. The van der Waals surface area contributed by atoms with Crippen LogP contribution in [0.5, 0.6) is 0 Å². The maximum Gasteiger partial charge on any atom is 0.196 e. The number of halogens is 1. The molecule has 2 aliphatic carbocycles. The van der Waals surface area contributed by atoms with Crippen molar-refractivity contribution in [3.05, 3.63) is 59.4 Å². The van der Waals surface area contributed by atoms with Crippen molar-refractivity contribution in [2.75, 3.05) is 0 Å². The molecule has 0 N–H and O–H groups in total. The second-order valence-corrected chi connectivity index (χ2v) is 9.56. The van der Waals surface area contributed by atoms with Gasteiger partial charge in [0.05, 0.1) is 0 Å². The maximum absolute atomic E-state index is 13.2. The Morgan fingerprint density at radius 2 is 1.60 bits per heavy atom. The molecule has 0 spiro atoms. The second kappa shape index (κ2) is 11.5. The van der Waals surface area contributed by atoms with Gasteiger partial charge in [0.25, 0.3) is 0 Å². The van der Waals surface area contributed by atoms with Crippen LogP contribution in [0, 0.1) is 29.1 Å². The topological polar surface area (TPSA) is 23.8 Å². The van der Waals surface area contributed by atoms with E-state index in [4.69, 9.17) is 5.26 Å². The van der Waals surface area contributed by atoms with Crippen molar-refractivity contribution in [1.29, 1.82) is 5.26 Å². The minimum absolute atomic E-state index is 0.231. The van der Waals surface area contributed by atoms with Crippen molar-refractivity contribution >= 4 is 0 Å². The monoisotopic (exact) mass is 407 g/mol. The predicted molar refractivity (Wildman–Crippen MR) is 124 cm³/mol. The molecule has 0 aromatic heterocycles. The van der Waals surface area contributed by atoms with Crippen LogP contribution >= 0.6 is 0 Å². The Morgan fingerprint density at radius 3 is 2.17 bits per heavy atom. The highest BCUT2D eigenvalue weighted by molar-refractivity contribution is 5.26. The van der Waals surface area contributed by atoms with E-state index in [1.807, 2.05) is 0 Å². The molecule has 0 amide bonds. The van der Waals surface area contributed by atoms with E-state index < -0.39 is 5.83 Å². The quantitative estimate of drug-likeness (QED) is 0.241.